The molecule has 2 aliphatic heterocycles. The summed E-state index contributed by atoms with van der Waals surface area (Å²) in [7, 11) is -3.75. The minimum atomic E-state index is -3.75. The van der Waals surface area contributed by atoms with Gasteiger partial charge >= 0.3 is 0 Å². The molecule has 0 unspecified atom stereocenters. The molecule has 5 aromatic rings. The molecule has 4 heterocycles. The van der Waals surface area contributed by atoms with Gasteiger partial charge in [-0.15, -0.1) is 22.7 Å². The van der Waals surface area contributed by atoms with E-state index in [1.54, 1.807) is 34.8 Å². The van der Waals surface area contributed by atoms with Crippen molar-refractivity contribution in [3.8, 4) is 10.6 Å². The van der Waals surface area contributed by atoms with Gasteiger partial charge in [-0.05, 0) is 79.4 Å². The maximum atomic E-state index is 13.6. The zero-order valence-corrected chi connectivity index (χ0v) is 25.6. The molecule has 0 saturated heterocycles. The van der Waals surface area contributed by atoms with Crippen molar-refractivity contribution in [3.05, 3.63) is 94.4 Å². The third-order valence-corrected chi connectivity index (χ3v) is 12.1. The Labute approximate surface area is 253 Å². The number of aromatic nitrogens is 1. The first-order chi connectivity index (χ1) is 20.4. The van der Waals surface area contributed by atoms with Crippen molar-refractivity contribution in [1.29, 1.82) is 0 Å². The van der Waals surface area contributed by atoms with Crippen molar-refractivity contribution >= 4 is 59.5 Å². The molecule has 214 valence electrons. The number of thiophene rings is 1. The van der Waals surface area contributed by atoms with Crippen molar-refractivity contribution in [3.63, 3.8) is 0 Å². The van der Waals surface area contributed by atoms with Crippen LogP contribution in [0.4, 0.5) is 10.7 Å². The van der Waals surface area contributed by atoms with E-state index in [0.29, 0.717) is 12.1 Å². The number of nitrogens with one attached hydrogen (secondary N) is 1. The third kappa shape index (κ3) is 4.82. The second-order valence-electron chi connectivity index (χ2n) is 10.6. The maximum Gasteiger partial charge on any atom is 0.264 e. The summed E-state index contributed by atoms with van der Waals surface area (Å²) in [5, 5.41) is 4.87. The van der Waals surface area contributed by atoms with Gasteiger partial charge < -0.3 is 5.32 Å². The first kappa shape index (κ1) is 27.3. The summed E-state index contributed by atoms with van der Waals surface area (Å²) in [5.41, 5.74) is 5.41. The number of benzene rings is 3. The first-order valence-electron chi connectivity index (χ1n) is 14.2. The summed E-state index contributed by atoms with van der Waals surface area (Å²) in [5.74, 6) is -0.268. The zero-order chi connectivity index (χ0) is 28.8. The van der Waals surface area contributed by atoms with Gasteiger partial charge in [-0.3, -0.25) is 14.0 Å². The molecule has 7 nitrogen and oxygen atoms in total. The molecule has 2 aliphatic rings. The van der Waals surface area contributed by atoms with Gasteiger partial charge in [-0.2, -0.15) is 0 Å². The number of sulfonamides is 1. The normalized spacial score (nSPS) is 15.4. The third-order valence-electron chi connectivity index (χ3n) is 8.09. The van der Waals surface area contributed by atoms with Crippen LogP contribution in [0.15, 0.2) is 77.7 Å². The van der Waals surface area contributed by atoms with Crippen LogP contribution < -0.4 is 9.62 Å². The van der Waals surface area contributed by atoms with Gasteiger partial charge in [0.1, 0.15) is 10.0 Å². The van der Waals surface area contributed by atoms with Crippen molar-refractivity contribution < 1.29 is 13.2 Å². The Morgan fingerprint density at radius 3 is 2.55 bits per heavy atom. The molecule has 0 aliphatic carbocycles. The van der Waals surface area contributed by atoms with Crippen LogP contribution in [0.3, 0.4) is 0 Å². The lowest BCUT2D eigenvalue weighted by Gasteiger charge is -2.30. The molecule has 0 bridgehead atoms. The molecule has 3 aromatic carbocycles. The fourth-order valence-corrected chi connectivity index (χ4v) is 9.79. The SMILES string of the molecule is CCN1CCc2c(sc(NC(=O)c3ccc(S(=O)(=O)N4CCCc5ccccc54)cc3)c2-c2nc3ccccc3s2)C1. The average molecular weight is 615 g/mol. The van der Waals surface area contributed by atoms with E-state index in [2.05, 4.69) is 23.2 Å². The van der Waals surface area contributed by atoms with E-state index in [0.717, 1.165) is 75.9 Å². The van der Waals surface area contributed by atoms with Crippen molar-refractivity contribution in [2.24, 2.45) is 0 Å². The van der Waals surface area contributed by atoms with Gasteiger partial charge in [0.25, 0.3) is 15.9 Å². The highest BCUT2D eigenvalue weighted by molar-refractivity contribution is 7.92. The summed E-state index contributed by atoms with van der Waals surface area (Å²) in [6.07, 6.45) is 2.55. The molecule has 42 heavy (non-hydrogen) atoms. The number of amides is 1. The molecule has 0 saturated carbocycles. The minimum absolute atomic E-state index is 0.178. The monoisotopic (exact) mass is 614 g/mol. The molecule has 10 heteroatoms. The van der Waals surface area contributed by atoms with Crippen LogP contribution in [-0.4, -0.2) is 43.8 Å². The number of aryl methyl sites for hydroxylation is 1. The Balaban J connectivity index is 1.18. The van der Waals surface area contributed by atoms with Gasteiger partial charge in [0.15, 0.2) is 0 Å². The molecule has 1 N–H and O–H groups in total. The van der Waals surface area contributed by atoms with Gasteiger partial charge in [0, 0.05) is 35.6 Å². The highest BCUT2D eigenvalue weighted by atomic mass is 32.2. The molecule has 2 aromatic heterocycles. The number of carbonyl (C=O) groups excluding carboxylic acids is 1. The van der Waals surface area contributed by atoms with E-state index in [9.17, 15) is 13.2 Å². The van der Waals surface area contributed by atoms with E-state index in [1.807, 2.05) is 42.5 Å². The topological polar surface area (TPSA) is 82.6 Å². The van der Waals surface area contributed by atoms with E-state index in [4.69, 9.17) is 4.98 Å². The number of hydrogen-bond acceptors (Lipinski definition) is 7. The van der Waals surface area contributed by atoms with Crippen LogP contribution in [0.2, 0.25) is 0 Å². The summed E-state index contributed by atoms with van der Waals surface area (Å²) >= 11 is 3.26. The van der Waals surface area contributed by atoms with Crippen molar-refractivity contribution in [2.45, 2.75) is 37.6 Å². The number of hydrogen-bond donors (Lipinski definition) is 1. The number of rotatable bonds is 6. The van der Waals surface area contributed by atoms with Crippen LogP contribution in [-0.2, 0) is 29.4 Å². The van der Waals surface area contributed by atoms with Crippen molar-refractivity contribution in [1.82, 2.24) is 9.88 Å². The summed E-state index contributed by atoms with van der Waals surface area (Å²) < 4.78 is 29.8. The lowest BCUT2D eigenvalue weighted by atomic mass is 10.0. The number of nitrogens with zero attached hydrogens (tertiary/aromatic N) is 3. The summed E-state index contributed by atoms with van der Waals surface area (Å²) in [4.78, 5) is 22.3. The molecule has 0 spiro atoms. The van der Waals surface area contributed by atoms with Gasteiger partial charge in [0.05, 0.1) is 20.8 Å². The number of carbonyl (C=O) groups is 1. The second kappa shape index (κ2) is 10.9. The molecular weight excluding hydrogens is 585 g/mol. The molecule has 0 atom stereocenters. The number of anilines is 2. The van der Waals surface area contributed by atoms with Gasteiger partial charge in [-0.1, -0.05) is 37.3 Å². The Morgan fingerprint density at radius 1 is 0.952 bits per heavy atom. The Hall–Kier alpha value is -3.57. The quantitative estimate of drug-likeness (QED) is 0.228. The predicted molar refractivity (Wildman–Crippen MR) is 171 cm³/mol. The smallest absolute Gasteiger partial charge is 0.264 e. The van der Waals surface area contributed by atoms with Crippen LogP contribution in [0.1, 0.15) is 39.7 Å². The van der Waals surface area contributed by atoms with Crippen LogP contribution >= 0.6 is 22.7 Å². The fraction of sp³-hybridized carbons (Fsp3) is 0.250. The molecule has 0 fully saturated rings. The van der Waals surface area contributed by atoms with Gasteiger partial charge in [0.2, 0.25) is 0 Å². The minimum Gasteiger partial charge on any atom is -0.313 e. The number of likely N-dealkylation sites (N-methyl/N-ethyl adjacent to an activating group) is 1. The second-order valence-corrected chi connectivity index (χ2v) is 14.6. The van der Waals surface area contributed by atoms with E-state index < -0.39 is 10.0 Å². The van der Waals surface area contributed by atoms with E-state index in [1.165, 1.54) is 26.9 Å². The summed E-state index contributed by atoms with van der Waals surface area (Å²) in [6.45, 7) is 5.42. The zero-order valence-electron chi connectivity index (χ0n) is 23.2. The number of para-hydroxylation sites is 2. The molecule has 0 radical (unpaired) electrons. The average Bonchev–Trinajstić information content (AvgIpc) is 3.61. The standard InChI is InChI=1S/C32H30N4O3S3/c1-2-35-19-17-24-28(20-35)41-32(29(24)31-33-25-10-4-6-12-27(25)40-31)34-30(37)22-13-15-23(16-14-22)42(38,39)36-18-7-9-21-8-3-5-11-26(21)36/h3-6,8,10-16H,2,7,9,17-20H2,1H3,(H,34,37). The summed E-state index contributed by atoms with van der Waals surface area (Å²) in [6, 6.07) is 22.0. The van der Waals surface area contributed by atoms with Crippen LogP contribution in [0.5, 0.6) is 0 Å². The van der Waals surface area contributed by atoms with E-state index >= 15 is 0 Å². The largest absolute Gasteiger partial charge is 0.313 e. The van der Waals surface area contributed by atoms with Crippen molar-refractivity contribution in [2.75, 3.05) is 29.3 Å². The van der Waals surface area contributed by atoms with E-state index in [-0.39, 0.29) is 10.8 Å². The Bertz CT molecular complexity index is 1880. The maximum absolute atomic E-state index is 13.6. The van der Waals surface area contributed by atoms with Crippen LogP contribution in [0, 0.1) is 0 Å². The highest BCUT2D eigenvalue weighted by Gasteiger charge is 2.30. The number of fused-ring (bicyclic) bond motifs is 3. The Kier molecular flexibility index (Phi) is 7.09. The van der Waals surface area contributed by atoms with Gasteiger partial charge in [-0.25, -0.2) is 13.4 Å². The lowest BCUT2D eigenvalue weighted by molar-refractivity contribution is 0.102. The molecular formula is C32H30N4O3S3. The lowest BCUT2D eigenvalue weighted by Crippen LogP contribution is -2.35. The first-order valence-corrected chi connectivity index (χ1v) is 17.2. The highest BCUT2D eigenvalue weighted by Crippen LogP contribution is 2.46. The molecule has 1 amide bonds. The predicted octanol–water partition coefficient (Wildman–Crippen LogP) is 6.80. The Morgan fingerprint density at radius 2 is 1.74 bits per heavy atom. The number of thiazole rings is 1. The molecule has 7 rings (SSSR count). The fourth-order valence-electron chi connectivity index (χ4n) is 5.85. The van der Waals surface area contributed by atoms with Crippen LogP contribution in [0.25, 0.3) is 20.8 Å².